The number of carbonyl (C=O) groups is 1. The fourth-order valence-corrected chi connectivity index (χ4v) is 2.81. The molecule has 0 aromatic heterocycles. The normalized spacial score (nSPS) is 33.2. The number of primary amides is 1. The zero-order valence-electron chi connectivity index (χ0n) is 10.2. The van der Waals surface area contributed by atoms with Crippen molar-refractivity contribution in [2.75, 3.05) is 0 Å². The van der Waals surface area contributed by atoms with Gasteiger partial charge < -0.3 is 10.8 Å². The Bertz CT molecular complexity index is 261. The second kappa shape index (κ2) is 4.74. The van der Waals surface area contributed by atoms with Gasteiger partial charge >= 0.3 is 0 Å². The Hall–Kier alpha value is -0.570. The van der Waals surface area contributed by atoms with Gasteiger partial charge in [-0.05, 0) is 30.6 Å². The van der Waals surface area contributed by atoms with E-state index >= 15 is 0 Å². The lowest BCUT2D eigenvalue weighted by Crippen LogP contribution is -2.50. The molecule has 0 bridgehead atoms. The van der Waals surface area contributed by atoms with Gasteiger partial charge in [0, 0.05) is 5.92 Å². The minimum Gasteiger partial charge on any atom is -0.390 e. The van der Waals surface area contributed by atoms with Gasteiger partial charge in [-0.1, -0.05) is 35.1 Å². The zero-order valence-corrected chi connectivity index (χ0v) is 10.2. The lowest BCUT2D eigenvalue weighted by molar-refractivity contribution is -0.137. The minimum absolute atomic E-state index is 0. The highest BCUT2D eigenvalue weighted by Crippen LogP contribution is 2.47. The summed E-state index contributed by atoms with van der Waals surface area (Å²) in [7, 11) is 0. The third kappa shape index (κ3) is 2.76. The Kier molecular flexibility index (Phi) is 4.57. The van der Waals surface area contributed by atoms with Crippen LogP contribution in [0, 0.1) is 17.3 Å². The summed E-state index contributed by atoms with van der Waals surface area (Å²) in [6, 6.07) is 0. The molecule has 0 aromatic carbocycles. The third-order valence-electron chi connectivity index (χ3n) is 3.99. The molecule has 1 aliphatic carbocycles. The van der Waals surface area contributed by atoms with E-state index in [1.54, 1.807) is 0 Å². The SMILES string of the molecule is C.CC(C)[C@@]1(O)CC[C@H](C(N)=O)C(C)(C)C1. The zero-order chi connectivity index (χ0) is 11.9. The van der Waals surface area contributed by atoms with Crippen LogP contribution in [0.25, 0.3) is 0 Å². The summed E-state index contributed by atoms with van der Waals surface area (Å²) in [5.41, 5.74) is 4.57. The maximum Gasteiger partial charge on any atom is 0.221 e. The smallest absolute Gasteiger partial charge is 0.221 e. The standard InChI is InChI=1S/C12H23NO2.CH4/c1-8(2)12(15)6-5-9(10(13)14)11(3,4)7-12;/h8-9,15H,5-7H2,1-4H3,(H2,13,14);1H4/t9-,12-;/m1./s1. The van der Waals surface area contributed by atoms with E-state index < -0.39 is 5.60 Å². The molecule has 3 nitrogen and oxygen atoms in total. The van der Waals surface area contributed by atoms with Crippen LogP contribution in [-0.4, -0.2) is 16.6 Å². The van der Waals surface area contributed by atoms with Crippen LogP contribution < -0.4 is 5.73 Å². The molecule has 0 heterocycles. The highest BCUT2D eigenvalue weighted by atomic mass is 16.3. The van der Waals surface area contributed by atoms with Crippen LogP contribution >= 0.6 is 0 Å². The van der Waals surface area contributed by atoms with E-state index in [-0.39, 0.29) is 30.6 Å². The average molecular weight is 229 g/mol. The van der Waals surface area contributed by atoms with E-state index in [9.17, 15) is 9.90 Å². The predicted octanol–water partition coefficient (Wildman–Crippen LogP) is 2.32. The van der Waals surface area contributed by atoms with Crippen LogP contribution in [0.2, 0.25) is 0 Å². The van der Waals surface area contributed by atoms with Crippen molar-refractivity contribution in [2.45, 2.75) is 60.0 Å². The first-order valence-corrected chi connectivity index (χ1v) is 5.71. The van der Waals surface area contributed by atoms with Gasteiger partial charge in [0.2, 0.25) is 5.91 Å². The topological polar surface area (TPSA) is 63.3 Å². The number of aliphatic hydroxyl groups is 1. The number of hydrogen-bond donors (Lipinski definition) is 2. The molecule has 3 N–H and O–H groups in total. The fraction of sp³-hybridized carbons (Fsp3) is 0.923. The molecule has 2 atom stereocenters. The van der Waals surface area contributed by atoms with Gasteiger partial charge in [-0.3, -0.25) is 4.79 Å². The molecule has 1 amide bonds. The number of amides is 1. The number of hydrogen-bond acceptors (Lipinski definition) is 2. The second-order valence-electron chi connectivity index (χ2n) is 5.92. The van der Waals surface area contributed by atoms with Gasteiger partial charge in [-0.15, -0.1) is 0 Å². The minimum atomic E-state index is -0.630. The van der Waals surface area contributed by atoms with Crippen molar-refractivity contribution in [2.24, 2.45) is 23.0 Å². The number of rotatable bonds is 2. The molecule has 1 fully saturated rings. The molecule has 1 saturated carbocycles. The van der Waals surface area contributed by atoms with Crippen molar-refractivity contribution in [3.8, 4) is 0 Å². The van der Waals surface area contributed by atoms with Gasteiger partial charge in [0.25, 0.3) is 0 Å². The Morgan fingerprint density at radius 3 is 2.25 bits per heavy atom. The largest absolute Gasteiger partial charge is 0.390 e. The molecular formula is C13H27NO2. The summed E-state index contributed by atoms with van der Waals surface area (Å²) >= 11 is 0. The van der Waals surface area contributed by atoms with Crippen molar-refractivity contribution in [1.82, 2.24) is 0 Å². The number of nitrogens with two attached hydrogens (primary N) is 1. The Labute approximate surface area is 99.4 Å². The molecule has 3 heteroatoms. The van der Waals surface area contributed by atoms with Gasteiger partial charge in [-0.2, -0.15) is 0 Å². The summed E-state index contributed by atoms with van der Waals surface area (Å²) < 4.78 is 0. The van der Waals surface area contributed by atoms with E-state index in [1.165, 1.54) is 0 Å². The molecule has 96 valence electrons. The summed E-state index contributed by atoms with van der Waals surface area (Å²) in [5.74, 6) is -0.104. The first kappa shape index (κ1) is 15.4. The van der Waals surface area contributed by atoms with Gasteiger partial charge in [-0.25, -0.2) is 0 Å². The highest BCUT2D eigenvalue weighted by molar-refractivity contribution is 5.77. The predicted molar refractivity (Wildman–Crippen MR) is 66.8 cm³/mol. The van der Waals surface area contributed by atoms with Crippen LogP contribution in [0.1, 0.15) is 54.4 Å². The molecule has 16 heavy (non-hydrogen) atoms. The van der Waals surface area contributed by atoms with Crippen molar-refractivity contribution in [1.29, 1.82) is 0 Å². The monoisotopic (exact) mass is 229 g/mol. The van der Waals surface area contributed by atoms with E-state index in [0.717, 1.165) is 0 Å². The van der Waals surface area contributed by atoms with Crippen LogP contribution in [-0.2, 0) is 4.79 Å². The first-order valence-electron chi connectivity index (χ1n) is 5.71. The lowest BCUT2D eigenvalue weighted by atomic mass is 9.60. The molecule has 0 aliphatic heterocycles. The Balaban J connectivity index is 0.00000225. The van der Waals surface area contributed by atoms with Gasteiger partial charge in [0.05, 0.1) is 5.60 Å². The van der Waals surface area contributed by atoms with Gasteiger partial charge in [0.1, 0.15) is 0 Å². The fourth-order valence-electron chi connectivity index (χ4n) is 2.81. The van der Waals surface area contributed by atoms with Crippen LogP contribution in [0.4, 0.5) is 0 Å². The molecule has 0 radical (unpaired) electrons. The third-order valence-corrected chi connectivity index (χ3v) is 3.99. The van der Waals surface area contributed by atoms with E-state index in [2.05, 4.69) is 0 Å². The van der Waals surface area contributed by atoms with Crippen LogP contribution in [0.5, 0.6) is 0 Å². The van der Waals surface area contributed by atoms with Crippen molar-refractivity contribution < 1.29 is 9.90 Å². The van der Waals surface area contributed by atoms with E-state index in [1.807, 2.05) is 27.7 Å². The summed E-state index contributed by atoms with van der Waals surface area (Å²) in [4.78, 5) is 11.3. The van der Waals surface area contributed by atoms with Crippen LogP contribution in [0.15, 0.2) is 0 Å². The maximum atomic E-state index is 11.3. The molecule has 0 saturated heterocycles. The van der Waals surface area contributed by atoms with Gasteiger partial charge in [0.15, 0.2) is 0 Å². The molecular weight excluding hydrogens is 202 g/mol. The summed E-state index contributed by atoms with van der Waals surface area (Å²) in [6.45, 7) is 8.10. The molecule has 0 aromatic rings. The van der Waals surface area contributed by atoms with Crippen LogP contribution in [0.3, 0.4) is 0 Å². The molecule has 0 unspecified atom stereocenters. The van der Waals surface area contributed by atoms with Crippen molar-refractivity contribution in [3.63, 3.8) is 0 Å². The summed E-state index contributed by atoms with van der Waals surface area (Å²) in [5, 5.41) is 10.4. The second-order valence-corrected chi connectivity index (χ2v) is 5.92. The molecule has 1 aliphatic rings. The van der Waals surface area contributed by atoms with Crippen molar-refractivity contribution in [3.05, 3.63) is 0 Å². The maximum absolute atomic E-state index is 11.3. The molecule has 1 rings (SSSR count). The number of carbonyl (C=O) groups excluding carboxylic acids is 1. The average Bonchev–Trinajstić information content (AvgIpc) is 2.00. The summed E-state index contributed by atoms with van der Waals surface area (Å²) in [6.07, 6.45) is 2.05. The van der Waals surface area contributed by atoms with Crippen molar-refractivity contribution >= 4 is 5.91 Å². The highest BCUT2D eigenvalue weighted by Gasteiger charge is 2.47. The van der Waals surface area contributed by atoms with E-state index in [4.69, 9.17) is 5.73 Å². The molecule has 0 spiro atoms. The van der Waals surface area contributed by atoms with E-state index in [0.29, 0.717) is 19.3 Å². The lowest BCUT2D eigenvalue weighted by Gasteiger charge is -2.47. The Morgan fingerprint density at radius 1 is 1.44 bits per heavy atom. The first-order chi connectivity index (χ1) is 6.69. The Morgan fingerprint density at radius 2 is 1.94 bits per heavy atom. The quantitative estimate of drug-likeness (QED) is 0.763.